The zero-order valence-corrected chi connectivity index (χ0v) is 12.4. The number of hydrogen-bond donors (Lipinski definition) is 2. The molecule has 0 aromatic carbocycles. The molecule has 0 spiro atoms. The second kappa shape index (κ2) is 5.42. The predicted octanol–water partition coefficient (Wildman–Crippen LogP) is 1.68. The molecule has 104 valence electrons. The van der Waals surface area contributed by atoms with Crippen molar-refractivity contribution in [1.29, 1.82) is 0 Å². The Morgan fingerprint density at radius 1 is 1.22 bits per heavy atom. The summed E-state index contributed by atoms with van der Waals surface area (Å²) in [6.45, 7) is 9.28. The van der Waals surface area contributed by atoms with Gasteiger partial charge < -0.3 is 10.2 Å². The molecule has 0 saturated heterocycles. The third-order valence-corrected chi connectivity index (χ3v) is 4.89. The fraction of sp³-hybridized carbons (Fsp3) is 0.667. The average molecular weight is 274 g/mol. The van der Waals surface area contributed by atoms with Crippen molar-refractivity contribution in [3.05, 3.63) is 17.1 Å². The summed E-state index contributed by atoms with van der Waals surface area (Å²) in [7, 11) is -3.58. The van der Waals surface area contributed by atoms with Gasteiger partial charge in [0.05, 0.1) is 0 Å². The smallest absolute Gasteiger partial charge is 0.244 e. The van der Waals surface area contributed by atoms with E-state index >= 15 is 0 Å². The van der Waals surface area contributed by atoms with Gasteiger partial charge in [-0.1, -0.05) is 13.8 Å². The highest BCUT2D eigenvalue weighted by Gasteiger charge is 2.27. The lowest BCUT2D eigenvalue weighted by Gasteiger charge is -2.17. The van der Waals surface area contributed by atoms with Crippen LogP contribution in [0.3, 0.4) is 0 Å². The number of nitrogens with one attached hydrogen (secondary N) is 1. The van der Waals surface area contributed by atoms with E-state index in [-0.39, 0.29) is 23.4 Å². The fourth-order valence-electron chi connectivity index (χ4n) is 1.74. The van der Waals surface area contributed by atoms with E-state index in [4.69, 9.17) is 10.2 Å². The number of nitrogens with two attached hydrogens (primary N) is 1. The van der Waals surface area contributed by atoms with Gasteiger partial charge in [-0.05, 0) is 26.7 Å². The maximum absolute atomic E-state index is 12.3. The van der Waals surface area contributed by atoms with Crippen molar-refractivity contribution in [3.63, 3.8) is 0 Å². The van der Waals surface area contributed by atoms with Crippen LogP contribution < -0.4 is 10.5 Å². The van der Waals surface area contributed by atoms with E-state index in [1.54, 1.807) is 13.8 Å². The molecule has 1 rings (SSSR count). The summed E-state index contributed by atoms with van der Waals surface area (Å²) in [4.78, 5) is 0.190. The second-order valence-corrected chi connectivity index (χ2v) is 6.53. The Morgan fingerprint density at radius 2 is 1.78 bits per heavy atom. The van der Waals surface area contributed by atoms with E-state index in [0.717, 1.165) is 0 Å². The van der Waals surface area contributed by atoms with Gasteiger partial charge in [-0.15, -0.1) is 0 Å². The summed E-state index contributed by atoms with van der Waals surface area (Å²) in [5.41, 5.74) is 6.15. The minimum absolute atomic E-state index is 0.143. The van der Waals surface area contributed by atoms with Crippen LogP contribution in [0, 0.1) is 19.8 Å². The molecule has 0 radical (unpaired) electrons. The van der Waals surface area contributed by atoms with Gasteiger partial charge in [0.25, 0.3) is 0 Å². The SMILES string of the molecule is Cc1oc(C)c(S(=O)(=O)NC(C)C(C)C)c1CN. The highest BCUT2D eigenvalue weighted by Crippen LogP contribution is 2.26. The lowest BCUT2D eigenvalue weighted by atomic mass is 10.1. The van der Waals surface area contributed by atoms with Crippen LogP contribution >= 0.6 is 0 Å². The zero-order valence-electron chi connectivity index (χ0n) is 11.6. The van der Waals surface area contributed by atoms with Crippen LogP contribution in [0.4, 0.5) is 0 Å². The topological polar surface area (TPSA) is 85.3 Å². The highest BCUT2D eigenvalue weighted by molar-refractivity contribution is 7.89. The molecule has 0 saturated carbocycles. The molecule has 1 atom stereocenters. The number of rotatable bonds is 5. The van der Waals surface area contributed by atoms with Crippen LogP contribution in [0.5, 0.6) is 0 Å². The van der Waals surface area contributed by atoms with Gasteiger partial charge >= 0.3 is 0 Å². The van der Waals surface area contributed by atoms with Gasteiger partial charge in [0, 0.05) is 18.2 Å². The molecule has 3 N–H and O–H groups in total. The van der Waals surface area contributed by atoms with Crippen LogP contribution in [0.1, 0.15) is 37.9 Å². The zero-order chi connectivity index (χ0) is 14.1. The van der Waals surface area contributed by atoms with Gasteiger partial charge in [-0.3, -0.25) is 0 Å². The first-order valence-electron chi connectivity index (χ1n) is 6.02. The first-order chi connectivity index (χ1) is 8.20. The Balaban J connectivity index is 3.21. The van der Waals surface area contributed by atoms with Gasteiger partial charge in [0.2, 0.25) is 10.0 Å². The summed E-state index contributed by atoms with van der Waals surface area (Å²) < 4.78 is 32.7. The minimum Gasteiger partial charge on any atom is -0.465 e. The Hall–Kier alpha value is -0.850. The molecule has 0 aliphatic rings. The van der Waals surface area contributed by atoms with Crippen molar-refractivity contribution in [2.75, 3.05) is 0 Å². The van der Waals surface area contributed by atoms with Gasteiger partial charge in [0.15, 0.2) is 0 Å². The Labute approximate surface area is 109 Å². The normalized spacial score (nSPS) is 14.2. The minimum atomic E-state index is -3.58. The molecular weight excluding hydrogens is 252 g/mol. The van der Waals surface area contributed by atoms with E-state index in [2.05, 4.69) is 4.72 Å². The Bertz CT molecular complexity index is 518. The van der Waals surface area contributed by atoms with Crippen LogP contribution in [0.15, 0.2) is 9.31 Å². The summed E-state index contributed by atoms with van der Waals surface area (Å²) >= 11 is 0. The molecule has 0 fully saturated rings. The van der Waals surface area contributed by atoms with Crippen molar-refractivity contribution in [3.8, 4) is 0 Å². The van der Waals surface area contributed by atoms with Crippen molar-refractivity contribution < 1.29 is 12.8 Å². The average Bonchev–Trinajstić information content (AvgIpc) is 2.52. The Kier molecular flexibility index (Phi) is 4.58. The first-order valence-corrected chi connectivity index (χ1v) is 7.50. The van der Waals surface area contributed by atoms with Gasteiger partial charge in [-0.2, -0.15) is 0 Å². The molecule has 1 heterocycles. The van der Waals surface area contributed by atoms with E-state index in [0.29, 0.717) is 17.1 Å². The molecule has 5 nitrogen and oxygen atoms in total. The quantitative estimate of drug-likeness (QED) is 0.855. The van der Waals surface area contributed by atoms with Crippen molar-refractivity contribution >= 4 is 10.0 Å². The van der Waals surface area contributed by atoms with E-state index in [9.17, 15) is 8.42 Å². The predicted molar refractivity (Wildman–Crippen MR) is 70.7 cm³/mol. The molecule has 18 heavy (non-hydrogen) atoms. The maximum atomic E-state index is 12.3. The molecular formula is C12H22N2O3S. The number of sulfonamides is 1. The van der Waals surface area contributed by atoms with E-state index in [1.807, 2.05) is 20.8 Å². The fourth-order valence-corrected chi connectivity index (χ4v) is 3.59. The molecule has 0 aliphatic carbocycles. The van der Waals surface area contributed by atoms with Crippen LogP contribution in [-0.2, 0) is 16.6 Å². The highest BCUT2D eigenvalue weighted by atomic mass is 32.2. The second-order valence-electron chi connectivity index (χ2n) is 4.88. The van der Waals surface area contributed by atoms with E-state index in [1.165, 1.54) is 0 Å². The monoisotopic (exact) mass is 274 g/mol. The van der Waals surface area contributed by atoms with E-state index < -0.39 is 10.0 Å². The molecule has 0 aliphatic heterocycles. The molecule has 0 amide bonds. The summed E-state index contributed by atoms with van der Waals surface area (Å²) in [5.74, 6) is 1.17. The van der Waals surface area contributed by atoms with Crippen molar-refractivity contribution in [2.24, 2.45) is 11.7 Å². The third kappa shape index (κ3) is 2.93. The standard InChI is InChI=1S/C12H22N2O3S/c1-7(2)8(3)14-18(15,16)12-10(5)17-9(4)11(12)6-13/h7-8,14H,6,13H2,1-5H3. The largest absolute Gasteiger partial charge is 0.465 e. The van der Waals surface area contributed by atoms with Crippen LogP contribution in [0.2, 0.25) is 0 Å². The van der Waals surface area contributed by atoms with Crippen LogP contribution in [-0.4, -0.2) is 14.5 Å². The van der Waals surface area contributed by atoms with Gasteiger partial charge in [0.1, 0.15) is 16.4 Å². The lowest BCUT2D eigenvalue weighted by molar-refractivity contribution is 0.472. The summed E-state index contributed by atoms with van der Waals surface area (Å²) in [6.07, 6.45) is 0. The lowest BCUT2D eigenvalue weighted by Crippen LogP contribution is -2.36. The number of furan rings is 1. The maximum Gasteiger partial charge on any atom is 0.244 e. The summed E-state index contributed by atoms with van der Waals surface area (Å²) in [5, 5.41) is 0. The van der Waals surface area contributed by atoms with Crippen molar-refractivity contribution in [2.45, 2.75) is 52.1 Å². The molecule has 0 bridgehead atoms. The molecule has 1 unspecified atom stereocenters. The molecule has 1 aromatic rings. The van der Waals surface area contributed by atoms with Crippen molar-refractivity contribution in [1.82, 2.24) is 4.72 Å². The first kappa shape index (κ1) is 15.2. The third-order valence-electron chi connectivity index (χ3n) is 3.14. The van der Waals surface area contributed by atoms with Gasteiger partial charge in [-0.25, -0.2) is 13.1 Å². The number of hydrogen-bond acceptors (Lipinski definition) is 4. The summed E-state index contributed by atoms with van der Waals surface area (Å²) in [6, 6.07) is -0.143. The number of aryl methyl sites for hydroxylation is 2. The molecule has 1 aromatic heterocycles. The Morgan fingerprint density at radius 3 is 2.22 bits per heavy atom. The molecule has 6 heteroatoms. The van der Waals surface area contributed by atoms with Crippen LogP contribution in [0.25, 0.3) is 0 Å².